The number of hydrogen-bond acceptors (Lipinski definition) is 3. The van der Waals surface area contributed by atoms with Gasteiger partial charge in [-0.05, 0) is 30.9 Å². The third kappa shape index (κ3) is 4.09. The summed E-state index contributed by atoms with van der Waals surface area (Å²) in [5.41, 5.74) is 5.44. The maximum absolute atomic E-state index is 5.80. The molecule has 0 aliphatic carbocycles. The van der Waals surface area contributed by atoms with Crippen molar-refractivity contribution in [2.45, 2.75) is 52.2 Å². The van der Waals surface area contributed by atoms with E-state index >= 15 is 0 Å². The van der Waals surface area contributed by atoms with Gasteiger partial charge in [0.25, 0.3) is 0 Å². The van der Waals surface area contributed by atoms with Crippen molar-refractivity contribution in [3.63, 3.8) is 0 Å². The third-order valence-electron chi connectivity index (χ3n) is 3.25. The molecule has 0 aliphatic heterocycles. The number of benzene rings is 1. The van der Waals surface area contributed by atoms with Gasteiger partial charge in [-0.1, -0.05) is 44.5 Å². The molecule has 2 unspecified atom stereocenters. The Balaban J connectivity index is 2.83. The van der Waals surface area contributed by atoms with Gasteiger partial charge in [0.05, 0.1) is 12.1 Å². The Bertz CT molecular complexity index is 318. The second-order valence-electron chi connectivity index (χ2n) is 4.52. The highest BCUT2D eigenvalue weighted by atomic mass is 16.5. The molecule has 3 nitrogen and oxygen atoms in total. The van der Waals surface area contributed by atoms with E-state index in [4.69, 9.17) is 10.6 Å². The van der Waals surface area contributed by atoms with E-state index in [1.807, 2.05) is 6.92 Å². The molecule has 3 N–H and O–H groups in total. The van der Waals surface area contributed by atoms with Crippen LogP contribution in [0, 0.1) is 0 Å². The molecule has 0 radical (unpaired) electrons. The van der Waals surface area contributed by atoms with Crippen LogP contribution in [-0.4, -0.2) is 12.7 Å². The molecule has 2 atom stereocenters. The SMILES string of the molecule is CCCC(OCC)C(NN)c1ccc(CC)cc1. The summed E-state index contributed by atoms with van der Waals surface area (Å²) in [5.74, 6) is 5.71. The maximum Gasteiger partial charge on any atom is 0.0782 e. The van der Waals surface area contributed by atoms with E-state index in [-0.39, 0.29) is 12.1 Å². The first kappa shape index (κ1) is 15.2. The summed E-state index contributed by atoms with van der Waals surface area (Å²) in [6, 6.07) is 8.68. The monoisotopic (exact) mass is 250 g/mol. The van der Waals surface area contributed by atoms with E-state index in [0.29, 0.717) is 0 Å². The summed E-state index contributed by atoms with van der Waals surface area (Å²) in [6.45, 7) is 7.07. The largest absolute Gasteiger partial charge is 0.376 e. The Hall–Kier alpha value is -0.900. The van der Waals surface area contributed by atoms with E-state index in [1.165, 1.54) is 11.1 Å². The summed E-state index contributed by atoms with van der Waals surface area (Å²) < 4.78 is 5.80. The zero-order valence-electron chi connectivity index (χ0n) is 11.8. The van der Waals surface area contributed by atoms with Crippen molar-refractivity contribution >= 4 is 0 Å². The molecule has 18 heavy (non-hydrogen) atoms. The minimum atomic E-state index is 0.0656. The molecule has 0 amide bonds. The lowest BCUT2D eigenvalue weighted by molar-refractivity contribution is 0.0276. The Kier molecular flexibility index (Phi) is 6.94. The van der Waals surface area contributed by atoms with Crippen LogP contribution < -0.4 is 11.3 Å². The summed E-state index contributed by atoms with van der Waals surface area (Å²) in [5, 5.41) is 0. The second kappa shape index (κ2) is 8.25. The van der Waals surface area contributed by atoms with Crippen LogP contribution in [0.2, 0.25) is 0 Å². The number of hydrogen-bond donors (Lipinski definition) is 2. The van der Waals surface area contributed by atoms with Crippen molar-refractivity contribution in [2.24, 2.45) is 5.84 Å². The highest BCUT2D eigenvalue weighted by Crippen LogP contribution is 2.22. The second-order valence-corrected chi connectivity index (χ2v) is 4.52. The normalized spacial score (nSPS) is 14.4. The van der Waals surface area contributed by atoms with Gasteiger partial charge in [0.1, 0.15) is 0 Å². The molecule has 0 heterocycles. The Morgan fingerprint density at radius 1 is 1.17 bits per heavy atom. The zero-order valence-corrected chi connectivity index (χ0v) is 11.8. The number of nitrogens with one attached hydrogen (secondary N) is 1. The van der Waals surface area contributed by atoms with E-state index in [9.17, 15) is 0 Å². The predicted molar refractivity (Wildman–Crippen MR) is 76.2 cm³/mol. The minimum Gasteiger partial charge on any atom is -0.376 e. The highest BCUT2D eigenvalue weighted by Gasteiger charge is 2.21. The molecule has 0 fully saturated rings. The van der Waals surface area contributed by atoms with E-state index in [2.05, 4.69) is 43.5 Å². The van der Waals surface area contributed by atoms with Crippen molar-refractivity contribution in [2.75, 3.05) is 6.61 Å². The molecular formula is C15H26N2O. The lowest BCUT2D eigenvalue weighted by atomic mass is 9.97. The van der Waals surface area contributed by atoms with E-state index < -0.39 is 0 Å². The third-order valence-corrected chi connectivity index (χ3v) is 3.25. The van der Waals surface area contributed by atoms with Crippen LogP contribution in [0.25, 0.3) is 0 Å². The molecule has 1 aromatic carbocycles. The lowest BCUT2D eigenvalue weighted by Gasteiger charge is -2.26. The molecule has 1 rings (SSSR count). The summed E-state index contributed by atoms with van der Waals surface area (Å²) in [4.78, 5) is 0. The standard InChI is InChI=1S/C15H26N2O/c1-4-7-14(18-6-3)15(17-16)13-10-8-12(5-2)9-11-13/h8-11,14-15,17H,4-7,16H2,1-3H3. The van der Waals surface area contributed by atoms with Gasteiger partial charge in [0, 0.05) is 6.61 Å². The van der Waals surface area contributed by atoms with Crippen LogP contribution in [0.3, 0.4) is 0 Å². The number of ether oxygens (including phenoxy) is 1. The van der Waals surface area contributed by atoms with Crippen LogP contribution in [0.4, 0.5) is 0 Å². The van der Waals surface area contributed by atoms with Gasteiger partial charge in [0.2, 0.25) is 0 Å². The van der Waals surface area contributed by atoms with Gasteiger partial charge in [-0.2, -0.15) is 0 Å². The fourth-order valence-electron chi connectivity index (χ4n) is 2.22. The first-order valence-corrected chi connectivity index (χ1v) is 6.93. The number of rotatable bonds is 8. The minimum absolute atomic E-state index is 0.0656. The van der Waals surface area contributed by atoms with Crippen LogP contribution >= 0.6 is 0 Å². The van der Waals surface area contributed by atoms with Crippen molar-refractivity contribution in [1.82, 2.24) is 5.43 Å². The Labute approximate surface area is 111 Å². The molecule has 0 saturated carbocycles. The van der Waals surface area contributed by atoms with Crippen molar-refractivity contribution in [1.29, 1.82) is 0 Å². The summed E-state index contributed by atoms with van der Waals surface area (Å²) >= 11 is 0. The summed E-state index contributed by atoms with van der Waals surface area (Å²) in [7, 11) is 0. The molecule has 0 spiro atoms. The number of aryl methyl sites for hydroxylation is 1. The number of nitrogens with two attached hydrogens (primary N) is 1. The fourth-order valence-corrected chi connectivity index (χ4v) is 2.22. The molecule has 1 aromatic rings. The lowest BCUT2D eigenvalue weighted by Crippen LogP contribution is -2.38. The molecule has 3 heteroatoms. The van der Waals surface area contributed by atoms with Gasteiger partial charge in [-0.3, -0.25) is 11.3 Å². The molecular weight excluding hydrogens is 224 g/mol. The van der Waals surface area contributed by atoms with Crippen LogP contribution in [0.5, 0.6) is 0 Å². The molecule has 0 aromatic heterocycles. The average Bonchev–Trinajstić information content (AvgIpc) is 2.41. The van der Waals surface area contributed by atoms with Crippen molar-refractivity contribution in [3.8, 4) is 0 Å². The Morgan fingerprint density at radius 2 is 1.83 bits per heavy atom. The van der Waals surface area contributed by atoms with Crippen molar-refractivity contribution in [3.05, 3.63) is 35.4 Å². The molecule has 102 valence electrons. The van der Waals surface area contributed by atoms with Gasteiger partial charge < -0.3 is 4.74 Å². The summed E-state index contributed by atoms with van der Waals surface area (Å²) in [6.07, 6.45) is 3.30. The Morgan fingerprint density at radius 3 is 2.28 bits per heavy atom. The van der Waals surface area contributed by atoms with Gasteiger partial charge in [-0.15, -0.1) is 0 Å². The van der Waals surface area contributed by atoms with Gasteiger partial charge >= 0.3 is 0 Å². The van der Waals surface area contributed by atoms with Crippen LogP contribution in [-0.2, 0) is 11.2 Å². The molecule has 0 saturated heterocycles. The van der Waals surface area contributed by atoms with Gasteiger partial charge in [-0.25, -0.2) is 0 Å². The average molecular weight is 250 g/mol. The van der Waals surface area contributed by atoms with E-state index in [1.54, 1.807) is 0 Å². The maximum atomic E-state index is 5.80. The smallest absolute Gasteiger partial charge is 0.0782 e. The van der Waals surface area contributed by atoms with E-state index in [0.717, 1.165) is 25.9 Å². The van der Waals surface area contributed by atoms with Crippen LogP contribution in [0.1, 0.15) is 50.8 Å². The highest BCUT2D eigenvalue weighted by molar-refractivity contribution is 5.25. The predicted octanol–water partition coefficient (Wildman–Crippen LogP) is 2.96. The van der Waals surface area contributed by atoms with Crippen LogP contribution in [0.15, 0.2) is 24.3 Å². The first-order chi connectivity index (χ1) is 8.76. The van der Waals surface area contributed by atoms with Gasteiger partial charge in [0.15, 0.2) is 0 Å². The molecule has 0 aliphatic rings. The first-order valence-electron chi connectivity index (χ1n) is 6.93. The number of hydrazine groups is 1. The van der Waals surface area contributed by atoms with Crippen molar-refractivity contribution < 1.29 is 4.74 Å². The zero-order chi connectivity index (χ0) is 13.4. The molecule has 0 bridgehead atoms. The quantitative estimate of drug-likeness (QED) is 0.551. The fraction of sp³-hybridized carbons (Fsp3) is 0.600. The topological polar surface area (TPSA) is 47.3 Å².